The summed E-state index contributed by atoms with van der Waals surface area (Å²) in [6, 6.07) is 2.22. The lowest BCUT2D eigenvalue weighted by molar-refractivity contribution is 0.347. The lowest BCUT2D eigenvalue weighted by Crippen LogP contribution is -2.29. The molecule has 2 unspecified atom stereocenters. The van der Waals surface area contributed by atoms with Crippen molar-refractivity contribution in [3.8, 4) is 5.75 Å². The summed E-state index contributed by atoms with van der Waals surface area (Å²) in [5.41, 5.74) is 2.95. The third-order valence-electron chi connectivity index (χ3n) is 3.51. The maximum atomic E-state index is 5.72. The molecule has 104 valence electrons. The van der Waals surface area contributed by atoms with Gasteiger partial charge in [-0.25, -0.2) is 0 Å². The second-order valence-corrected chi connectivity index (χ2v) is 5.67. The van der Waals surface area contributed by atoms with Gasteiger partial charge in [0.25, 0.3) is 0 Å². The topological polar surface area (TPSA) is 47.3 Å². The Hall–Kier alpha value is -0.580. The van der Waals surface area contributed by atoms with E-state index in [4.69, 9.17) is 10.6 Å². The lowest BCUT2D eigenvalue weighted by atomic mass is 9.91. The van der Waals surface area contributed by atoms with E-state index in [0.29, 0.717) is 0 Å². The summed E-state index contributed by atoms with van der Waals surface area (Å²) in [4.78, 5) is 1.22. The third kappa shape index (κ3) is 4.26. The number of rotatable bonds is 9. The molecule has 0 saturated carbocycles. The maximum absolute atomic E-state index is 5.72. The van der Waals surface area contributed by atoms with Crippen molar-refractivity contribution in [2.24, 2.45) is 11.8 Å². The van der Waals surface area contributed by atoms with Crippen LogP contribution < -0.4 is 16.0 Å². The summed E-state index contributed by atoms with van der Waals surface area (Å²) < 4.78 is 5.38. The summed E-state index contributed by atoms with van der Waals surface area (Å²) >= 11 is 1.72. The van der Waals surface area contributed by atoms with E-state index in [0.717, 1.165) is 18.1 Å². The molecule has 3 N–H and O–H groups in total. The van der Waals surface area contributed by atoms with Gasteiger partial charge in [-0.3, -0.25) is 11.3 Å². The highest BCUT2D eigenvalue weighted by Crippen LogP contribution is 2.35. The first-order chi connectivity index (χ1) is 8.76. The van der Waals surface area contributed by atoms with Crippen LogP contribution in [0.2, 0.25) is 0 Å². The summed E-state index contributed by atoms with van der Waals surface area (Å²) in [5, 5.41) is 2.06. The molecule has 1 aromatic rings. The fourth-order valence-electron chi connectivity index (χ4n) is 2.30. The van der Waals surface area contributed by atoms with Crippen LogP contribution in [0.5, 0.6) is 5.75 Å². The van der Waals surface area contributed by atoms with E-state index < -0.39 is 0 Å². The zero-order valence-electron chi connectivity index (χ0n) is 11.7. The first-order valence-electron chi connectivity index (χ1n) is 6.84. The Morgan fingerprint density at radius 1 is 1.44 bits per heavy atom. The van der Waals surface area contributed by atoms with Crippen molar-refractivity contribution in [3.63, 3.8) is 0 Å². The van der Waals surface area contributed by atoms with Gasteiger partial charge in [0.15, 0.2) is 0 Å². The molecule has 4 heteroatoms. The standard InChI is InChI=1S/C14H26N2OS/c1-4-6-7-11(5-2)10-12(16-15)14-13(17-3)8-9-18-14/h8-9,11-12,16H,4-7,10,15H2,1-3H3. The number of hydrogen-bond donors (Lipinski definition) is 2. The van der Waals surface area contributed by atoms with Gasteiger partial charge in [-0.2, -0.15) is 0 Å². The summed E-state index contributed by atoms with van der Waals surface area (Å²) in [6.45, 7) is 4.51. The average Bonchev–Trinajstić information content (AvgIpc) is 2.87. The molecule has 0 aromatic carbocycles. The van der Waals surface area contributed by atoms with E-state index >= 15 is 0 Å². The summed E-state index contributed by atoms with van der Waals surface area (Å²) in [7, 11) is 1.72. The van der Waals surface area contributed by atoms with E-state index in [1.165, 1.54) is 30.6 Å². The van der Waals surface area contributed by atoms with Crippen molar-refractivity contribution in [1.82, 2.24) is 5.43 Å². The van der Waals surface area contributed by atoms with Gasteiger partial charge in [0.05, 0.1) is 18.0 Å². The predicted octanol–water partition coefficient (Wildman–Crippen LogP) is 3.87. The molecular formula is C14H26N2OS. The van der Waals surface area contributed by atoms with E-state index in [1.54, 1.807) is 18.4 Å². The van der Waals surface area contributed by atoms with Crippen molar-refractivity contribution in [2.45, 2.75) is 52.0 Å². The quantitative estimate of drug-likeness (QED) is 0.529. The lowest BCUT2D eigenvalue weighted by Gasteiger charge is -2.22. The molecule has 1 aromatic heterocycles. The number of methoxy groups -OCH3 is 1. The minimum Gasteiger partial charge on any atom is -0.496 e. The molecule has 1 heterocycles. The van der Waals surface area contributed by atoms with Crippen molar-refractivity contribution in [1.29, 1.82) is 0 Å². The smallest absolute Gasteiger partial charge is 0.134 e. The minimum absolute atomic E-state index is 0.210. The van der Waals surface area contributed by atoms with Crippen LogP contribution in [-0.2, 0) is 0 Å². The fraction of sp³-hybridized carbons (Fsp3) is 0.714. The van der Waals surface area contributed by atoms with Crippen LogP contribution in [0.25, 0.3) is 0 Å². The molecule has 0 aliphatic rings. The van der Waals surface area contributed by atoms with Crippen LogP contribution in [0.4, 0.5) is 0 Å². The largest absolute Gasteiger partial charge is 0.496 e. The monoisotopic (exact) mass is 270 g/mol. The maximum Gasteiger partial charge on any atom is 0.134 e. The highest BCUT2D eigenvalue weighted by molar-refractivity contribution is 7.10. The average molecular weight is 270 g/mol. The Labute approximate surface area is 115 Å². The highest BCUT2D eigenvalue weighted by atomic mass is 32.1. The van der Waals surface area contributed by atoms with Gasteiger partial charge in [0.1, 0.15) is 5.75 Å². The molecule has 0 saturated heterocycles. The summed E-state index contributed by atoms with van der Waals surface area (Å²) in [5.74, 6) is 7.41. The van der Waals surface area contributed by atoms with E-state index in [2.05, 4.69) is 24.7 Å². The third-order valence-corrected chi connectivity index (χ3v) is 4.52. The molecule has 0 aliphatic carbocycles. The van der Waals surface area contributed by atoms with Crippen molar-refractivity contribution >= 4 is 11.3 Å². The Morgan fingerprint density at radius 3 is 2.78 bits per heavy atom. The van der Waals surface area contributed by atoms with Crippen molar-refractivity contribution < 1.29 is 4.74 Å². The molecule has 0 amide bonds. The molecule has 2 atom stereocenters. The highest BCUT2D eigenvalue weighted by Gasteiger charge is 2.20. The Kier molecular flexibility index (Phi) is 7.32. The van der Waals surface area contributed by atoms with Crippen LogP contribution >= 0.6 is 11.3 Å². The molecule has 0 bridgehead atoms. The Bertz CT molecular complexity index is 327. The molecule has 0 radical (unpaired) electrons. The van der Waals surface area contributed by atoms with Crippen LogP contribution in [0.3, 0.4) is 0 Å². The van der Waals surface area contributed by atoms with E-state index in [-0.39, 0.29) is 6.04 Å². The zero-order valence-corrected chi connectivity index (χ0v) is 12.6. The van der Waals surface area contributed by atoms with Gasteiger partial charge in [-0.05, 0) is 23.8 Å². The summed E-state index contributed by atoms with van der Waals surface area (Å²) in [6.07, 6.45) is 6.16. The van der Waals surface area contributed by atoms with Gasteiger partial charge < -0.3 is 4.74 Å². The molecular weight excluding hydrogens is 244 g/mol. The van der Waals surface area contributed by atoms with Gasteiger partial charge in [0, 0.05) is 0 Å². The number of ether oxygens (including phenoxy) is 1. The number of unbranched alkanes of at least 4 members (excludes halogenated alkanes) is 1. The van der Waals surface area contributed by atoms with Gasteiger partial charge >= 0.3 is 0 Å². The van der Waals surface area contributed by atoms with Crippen LogP contribution in [0.15, 0.2) is 11.4 Å². The normalized spacial score (nSPS) is 14.4. The predicted molar refractivity (Wildman–Crippen MR) is 78.9 cm³/mol. The number of hydrazine groups is 1. The molecule has 1 rings (SSSR count). The Balaban J connectivity index is 2.65. The first kappa shape index (κ1) is 15.5. The first-order valence-corrected chi connectivity index (χ1v) is 7.72. The van der Waals surface area contributed by atoms with E-state index in [9.17, 15) is 0 Å². The molecule has 0 fully saturated rings. The molecule has 0 aliphatic heterocycles. The molecule has 3 nitrogen and oxygen atoms in total. The molecule has 0 spiro atoms. The van der Waals surface area contributed by atoms with Crippen molar-refractivity contribution in [3.05, 3.63) is 16.3 Å². The Morgan fingerprint density at radius 2 is 2.22 bits per heavy atom. The molecule has 18 heavy (non-hydrogen) atoms. The number of hydrogen-bond acceptors (Lipinski definition) is 4. The van der Waals surface area contributed by atoms with Gasteiger partial charge in [0.2, 0.25) is 0 Å². The van der Waals surface area contributed by atoms with E-state index in [1.807, 2.05) is 6.07 Å². The minimum atomic E-state index is 0.210. The van der Waals surface area contributed by atoms with Crippen LogP contribution in [0, 0.1) is 5.92 Å². The van der Waals surface area contributed by atoms with Gasteiger partial charge in [-0.1, -0.05) is 39.5 Å². The van der Waals surface area contributed by atoms with Crippen molar-refractivity contribution in [2.75, 3.05) is 7.11 Å². The number of nitrogens with one attached hydrogen (secondary N) is 1. The van der Waals surface area contributed by atoms with Gasteiger partial charge in [-0.15, -0.1) is 11.3 Å². The van der Waals surface area contributed by atoms with Crippen LogP contribution in [0.1, 0.15) is 56.9 Å². The number of thiophene rings is 1. The zero-order chi connectivity index (χ0) is 13.4. The second kappa shape index (κ2) is 8.51. The fourth-order valence-corrected chi connectivity index (χ4v) is 3.23. The second-order valence-electron chi connectivity index (χ2n) is 4.72. The van der Waals surface area contributed by atoms with Crippen LogP contribution in [-0.4, -0.2) is 7.11 Å². The number of nitrogens with two attached hydrogens (primary N) is 1. The SMILES string of the molecule is CCCCC(CC)CC(NN)c1sccc1OC.